The molecule has 1 unspecified atom stereocenters. The first-order chi connectivity index (χ1) is 12.9. The van der Waals surface area contributed by atoms with Crippen LogP contribution in [0, 0.1) is 13.8 Å². The average molecular weight is 385 g/mol. The molecule has 0 aliphatic carbocycles. The predicted molar refractivity (Wildman–Crippen MR) is 109 cm³/mol. The second-order valence-corrected chi connectivity index (χ2v) is 7.64. The van der Waals surface area contributed by atoms with Crippen molar-refractivity contribution in [2.45, 2.75) is 46.6 Å². The van der Waals surface area contributed by atoms with Crippen LogP contribution in [0.2, 0.25) is 0 Å². The van der Waals surface area contributed by atoms with E-state index in [4.69, 9.17) is 4.74 Å². The summed E-state index contributed by atoms with van der Waals surface area (Å²) in [5.74, 6) is -0.408. The number of carbonyl (C=O) groups is 1. The van der Waals surface area contributed by atoms with Gasteiger partial charge in [-0.1, -0.05) is 31.5 Å². The van der Waals surface area contributed by atoms with Crippen molar-refractivity contribution in [3.63, 3.8) is 0 Å². The Morgan fingerprint density at radius 1 is 1.30 bits per heavy atom. The van der Waals surface area contributed by atoms with Gasteiger partial charge in [0.05, 0.1) is 18.3 Å². The van der Waals surface area contributed by atoms with Gasteiger partial charge in [0.25, 0.3) is 5.56 Å². The molecule has 142 valence electrons. The second kappa shape index (κ2) is 8.05. The molecule has 3 aromatic rings. The number of rotatable bonds is 6. The van der Waals surface area contributed by atoms with Crippen LogP contribution in [0.25, 0.3) is 21.3 Å². The minimum Gasteiger partial charge on any atom is -0.464 e. The molecule has 0 fully saturated rings. The number of benzene rings is 1. The van der Waals surface area contributed by atoms with Crippen LogP contribution in [0.1, 0.15) is 43.9 Å². The van der Waals surface area contributed by atoms with Gasteiger partial charge < -0.3 is 4.74 Å². The summed E-state index contributed by atoms with van der Waals surface area (Å²) >= 11 is 1.44. The molecule has 0 spiro atoms. The lowest BCUT2D eigenvalue weighted by molar-refractivity contribution is -0.147. The third kappa shape index (κ3) is 3.81. The summed E-state index contributed by atoms with van der Waals surface area (Å²) in [4.78, 5) is 30.5. The number of esters is 1. The van der Waals surface area contributed by atoms with Crippen LogP contribution in [-0.4, -0.2) is 22.1 Å². The highest BCUT2D eigenvalue weighted by Crippen LogP contribution is 2.31. The van der Waals surface area contributed by atoms with Crippen molar-refractivity contribution < 1.29 is 9.53 Å². The molecular formula is C21H24N2O3S. The van der Waals surface area contributed by atoms with Crippen molar-refractivity contribution in [2.75, 3.05) is 6.61 Å². The van der Waals surface area contributed by atoms with E-state index in [2.05, 4.69) is 31.0 Å². The Morgan fingerprint density at radius 2 is 2.07 bits per heavy atom. The van der Waals surface area contributed by atoms with E-state index in [0.717, 1.165) is 24.0 Å². The molecule has 0 aliphatic rings. The molecule has 3 rings (SSSR count). The first-order valence-electron chi connectivity index (χ1n) is 9.16. The molecule has 0 N–H and O–H groups in total. The highest BCUT2D eigenvalue weighted by atomic mass is 32.1. The first-order valence-corrected chi connectivity index (χ1v) is 10.0. The Hall–Kier alpha value is -2.47. The zero-order valence-electron chi connectivity index (χ0n) is 16.1. The van der Waals surface area contributed by atoms with Crippen LogP contribution in [-0.2, 0) is 9.53 Å². The number of aryl methyl sites for hydroxylation is 2. The van der Waals surface area contributed by atoms with E-state index in [1.807, 2.05) is 18.4 Å². The molecule has 2 heterocycles. The molecule has 0 saturated carbocycles. The molecule has 0 radical (unpaired) electrons. The summed E-state index contributed by atoms with van der Waals surface area (Å²) in [6, 6.07) is 5.44. The zero-order valence-corrected chi connectivity index (χ0v) is 16.9. The third-order valence-electron chi connectivity index (χ3n) is 4.84. The van der Waals surface area contributed by atoms with Gasteiger partial charge in [-0.3, -0.25) is 9.36 Å². The molecule has 0 bridgehead atoms. The number of ether oxygens (including phenoxy) is 1. The standard InChI is InChI=1S/C21H24N2O3S/c1-5-6-9-26-21(25)15(4)23-12-22-19-18(20(23)24)17(11-27-19)16-8-7-13(2)14(3)10-16/h7-8,10-12,15H,5-6,9H2,1-4H3. The van der Waals surface area contributed by atoms with Gasteiger partial charge in [0.2, 0.25) is 0 Å². The molecule has 27 heavy (non-hydrogen) atoms. The monoisotopic (exact) mass is 384 g/mol. The molecule has 0 aliphatic heterocycles. The average Bonchev–Trinajstić information content (AvgIpc) is 3.09. The third-order valence-corrected chi connectivity index (χ3v) is 5.72. The fourth-order valence-corrected chi connectivity index (χ4v) is 3.80. The van der Waals surface area contributed by atoms with Gasteiger partial charge in [-0.25, -0.2) is 9.78 Å². The number of unbranched alkanes of at least 4 members (excludes halogenated alkanes) is 1. The van der Waals surface area contributed by atoms with Crippen molar-refractivity contribution in [1.29, 1.82) is 0 Å². The van der Waals surface area contributed by atoms with Crippen LogP contribution < -0.4 is 5.56 Å². The van der Waals surface area contributed by atoms with Gasteiger partial charge in [-0.05, 0) is 43.9 Å². The van der Waals surface area contributed by atoms with Crippen LogP contribution in [0.15, 0.2) is 34.7 Å². The molecule has 0 saturated heterocycles. The lowest BCUT2D eigenvalue weighted by atomic mass is 10.0. The van der Waals surface area contributed by atoms with E-state index in [1.54, 1.807) is 6.92 Å². The first kappa shape index (κ1) is 19.3. The summed E-state index contributed by atoms with van der Waals surface area (Å²) in [7, 11) is 0. The van der Waals surface area contributed by atoms with Gasteiger partial charge in [0.15, 0.2) is 0 Å². The SMILES string of the molecule is CCCCOC(=O)C(C)n1cnc2scc(-c3ccc(C)c(C)c3)c2c1=O. The van der Waals surface area contributed by atoms with Crippen molar-refractivity contribution >= 4 is 27.5 Å². The minimum atomic E-state index is -0.709. The Balaban J connectivity index is 2.02. The summed E-state index contributed by atoms with van der Waals surface area (Å²) < 4.78 is 6.64. The Kier molecular flexibility index (Phi) is 5.75. The molecule has 1 atom stereocenters. The topological polar surface area (TPSA) is 61.2 Å². The van der Waals surface area contributed by atoms with Crippen LogP contribution in [0.3, 0.4) is 0 Å². The lowest BCUT2D eigenvalue weighted by Gasteiger charge is -2.14. The van der Waals surface area contributed by atoms with Crippen molar-refractivity contribution in [1.82, 2.24) is 9.55 Å². The Labute approximate surface area is 162 Å². The maximum Gasteiger partial charge on any atom is 0.328 e. The smallest absolute Gasteiger partial charge is 0.328 e. The van der Waals surface area contributed by atoms with Gasteiger partial charge in [0.1, 0.15) is 10.9 Å². The van der Waals surface area contributed by atoms with E-state index in [1.165, 1.54) is 33.4 Å². The predicted octanol–water partition coefficient (Wildman–Crippen LogP) is 4.65. The van der Waals surface area contributed by atoms with Crippen LogP contribution >= 0.6 is 11.3 Å². The normalized spacial score (nSPS) is 12.3. The molecular weight excluding hydrogens is 360 g/mol. The number of carbonyl (C=O) groups excluding carboxylic acids is 1. The van der Waals surface area contributed by atoms with E-state index >= 15 is 0 Å². The van der Waals surface area contributed by atoms with Gasteiger partial charge >= 0.3 is 5.97 Å². The fourth-order valence-electron chi connectivity index (χ4n) is 2.89. The van der Waals surface area contributed by atoms with E-state index in [0.29, 0.717) is 16.8 Å². The van der Waals surface area contributed by atoms with E-state index < -0.39 is 12.0 Å². The van der Waals surface area contributed by atoms with Crippen molar-refractivity contribution in [2.24, 2.45) is 0 Å². The highest BCUT2D eigenvalue weighted by Gasteiger charge is 2.21. The Bertz CT molecular complexity index is 1040. The minimum absolute atomic E-state index is 0.214. The van der Waals surface area contributed by atoms with Crippen molar-refractivity contribution in [3.05, 3.63) is 51.4 Å². The summed E-state index contributed by atoms with van der Waals surface area (Å²) in [6.07, 6.45) is 3.20. The number of hydrogen-bond acceptors (Lipinski definition) is 5. The largest absolute Gasteiger partial charge is 0.464 e. The van der Waals surface area contributed by atoms with Crippen molar-refractivity contribution in [3.8, 4) is 11.1 Å². The number of nitrogens with zero attached hydrogens (tertiary/aromatic N) is 2. The fraction of sp³-hybridized carbons (Fsp3) is 0.381. The van der Waals surface area contributed by atoms with Gasteiger partial charge in [0, 0.05) is 10.9 Å². The number of aromatic nitrogens is 2. The molecule has 5 nitrogen and oxygen atoms in total. The lowest BCUT2D eigenvalue weighted by Crippen LogP contribution is -2.29. The zero-order chi connectivity index (χ0) is 19.6. The molecule has 2 aromatic heterocycles. The number of thiophene rings is 1. The molecule has 0 amide bonds. The number of hydrogen-bond donors (Lipinski definition) is 0. The highest BCUT2D eigenvalue weighted by molar-refractivity contribution is 7.17. The Morgan fingerprint density at radius 3 is 2.78 bits per heavy atom. The second-order valence-electron chi connectivity index (χ2n) is 6.78. The summed E-state index contributed by atoms with van der Waals surface area (Å²) in [6.45, 7) is 8.19. The number of fused-ring (bicyclic) bond motifs is 1. The van der Waals surface area contributed by atoms with Gasteiger partial charge in [-0.2, -0.15) is 0 Å². The maximum absolute atomic E-state index is 13.1. The van der Waals surface area contributed by atoms with Gasteiger partial charge in [-0.15, -0.1) is 11.3 Å². The summed E-state index contributed by atoms with van der Waals surface area (Å²) in [5, 5.41) is 2.51. The summed E-state index contributed by atoms with van der Waals surface area (Å²) in [5.41, 5.74) is 4.01. The van der Waals surface area contributed by atoms with E-state index in [-0.39, 0.29) is 5.56 Å². The maximum atomic E-state index is 13.1. The quantitative estimate of drug-likeness (QED) is 0.459. The molecule has 1 aromatic carbocycles. The van der Waals surface area contributed by atoms with Crippen LogP contribution in [0.4, 0.5) is 0 Å². The van der Waals surface area contributed by atoms with Crippen LogP contribution in [0.5, 0.6) is 0 Å². The molecule has 6 heteroatoms. The van der Waals surface area contributed by atoms with E-state index in [9.17, 15) is 9.59 Å².